The molecule has 1 aromatic carbocycles. The predicted molar refractivity (Wildman–Crippen MR) is 102 cm³/mol. The quantitative estimate of drug-likeness (QED) is 0.720. The smallest absolute Gasteiger partial charge is 0.341 e. The molecule has 0 aliphatic heterocycles. The molecule has 1 atom stereocenters. The van der Waals surface area contributed by atoms with E-state index in [-0.39, 0.29) is 11.7 Å². The van der Waals surface area contributed by atoms with Crippen LogP contribution < -0.4 is 5.32 Å². The minimum Gasteiger partial charge on any atom is -0.465 e. The lowest BCUT2D eigenvalue weighted by molar-refractivity contribution is -0.113. The molecule has 1 heterocycles. The van der Waals surface area contributed by atoms with Gasteiger partial charge < -0.3 is 15.2 Å². The number of carbonyl (C=O) groups is 2. The molecule has 0 bridgehead atoms. The van der Waals surface area contributed by atoms with Crippen LogP contribution in [-0.4, -0.2) is 35.6 Å². The molecule has 1 aromatic heterocycles. The van der Waals surface area contributed by atoms with Gasteiger partial charge in [0.25, 0.3) is 0 Å². The van der Waals surface area contributed by atoms with Crippen LogP contribution in [0.3, 0.4) is 0 Å². The molecule has 0 radical (unpaired) electrons. The number of ether oxygens (including phenoxy) is 1. The molecular weight excluding hydrogens is 358 g/mol. The van der Waals surface area contributed by atoms with Gasteiger partial charge in [-0.1, -0.05) is 30.3 Å². The van der Waals surface area contributed by atoms with Crippen molar-refractivity contribution < 1.29 is 19.4 Å². The Morgan fingerprint density at radius 3 is 2.60 bits per heavy atom. The van der Waals surface area contributed by atoms with Crippen LogP contribution in [0.2, 0.25) is 0 Å². The van der Waals surface area contributed by atoms with E-state index < -0.39 is 12.1 Å². The number of thioether (sulfide) groups is 1. The van der Waals surface area contributed by atoms with Crippen LogP contribution in [0.15, 0.2) is 30.3 Å². The summed E-state index contributed by atoms with van der Waals surface area (Å²) in [6, 6.07) is 9.33. The molecule has 2 rings (SSSR count). The minimum absolute atomic E-state index is 0.195. The number of nitrogens with one attached hydrogen (secondary N) is 1. The van der Waals surface area contributed by atoms with E-state index in [0.717, 1.165) is 16.0 Å². The largest absolute Gasteiger partial charge is 0.465 e. The zero-order valence-electron chi connectivity index (χ0n) is 14.4. The second-order valence-electron chi connectivity index (χ2n) is 5.47. The number of hydrogen-bond acceptors (Lipinski definition) is 6. The number of aliphatic hydroxyl groups is 1. The number of carbonyl (C=O) groups excluding carboxylic acids is 2. The summed E-state index contributed by atoms with van der Waals surface area (Å²) in [5.74, 6) is -0.0504. The van der Waals surface area contributed by atoms with Crippen molar-refractivity contribution in [1.82, 2.24) is 0 Å². The van der Waals surface area contributed by atoms with Crippen LogP contribution >= 0.6 is 23.1 Å². The number of thiophene rings is 1. The molecule has 134 valence electrons. The van der Waals surface area contributed by atoms with Gasteiger partial charge in [-0.3, -0.25) is 4.79 Å². The first-order valence-electron chi connectivity index (χ1n) is 7.73. The molecule has 2 aromatic rings. The SMILES string of the molecule is COC(=O)c1c(NC(=O)CSCC(O)c2ccccc2)sc(C)c1C. The number of rotatable bonds is 7. The summed E-state index contributed by atoms with van der Waals surface area (Å²) < 4.78 is 4.79. The molecule has 5 nitrogen and oxygen atoms in total. The summed E-state index contributed by atoms with van der Waals surface area (Å²) >= 11 is 2.70. The number of aliphatic hydroxyl groups excluding tert-OH is 1. The van der Waals surface area contributed by atoms with Gasteiger partial charge in [0.15, 0.2) is 0 Å². The Kier molecular flexibility index (Phi) is 7.04. The number of hydrogen-bond donors (Lipinski definition) is 2. The zero-order chi connectivity index (χ0) is 18.4. The van der Waals surface area contributed by atoms with Gasteiger partial charge in [0.1, 0.15) is 5.00 Å². The maximum Gasteiger partial charge on any atom is 0.341 e. The van der Waals surface area contributed by atoms with Crippen LogP contribution in [0.4, 0.5) is 5.00 Å². The summed E-state index contributed by atoms with van der Waals surface area (Å²) in [4.78, 5) is 25.0. The van der Waals surface area contributed by atoms with E-state index >= 15 is 0 Å². The first-order valence-corrected chi connectivity index (χ1v) is 9.70. The average molecular weight is 380 g/mol. The molecule has 1 amide bonds. The molecule has 0 fully saturated rings. The summed E-state index contributed by atoms with van der Waals surface area (Å²) in [7, 11) is 1.32. The Morgan fingerprint density at radius 2 is 1.96 bits per heavy atom. The van der Waals surface area contributed by atoms with E-state index in [1.807, 2.05) is 44.2 Å². The summed E-state index contributed by atoms with van der Waals surface area (Å²) in [5.41, 5.74) is 2.06. The molecule has 0 saturated carbocycles. The van der Waals surface area contributed by atoms with Crippen molar-refractivity contribution in [1.29, 1.82) is 0 Å². The Bertz CT molecular complexity index is 743. The van der Waals surface area contributed by atoms with E-state index in [4.69, 9.17) is 4.74 Å². The highest BCUT2D eigenvalue weighted by Crippen LogP contribution is 2.33. The Balaban J connectivity index is 1.91. The van der Waals surface area contributed by atoms with Crippen molar-refractivity contribution in [3.05, 3.63) is 51.9 Å². The van der Waals surface area contributed by atoms with Crippen LogP contribution in [0.1, 0.15) is 32.5 Å². The van der Waals surface area contributed by atoms with Gasteiger partial charge in [-0.2, -0.15) is 0 Å². The predicted octanol–water partition coefficient (Wildman–Crippen LogP) is 3.56. The topological polar surface area (TPSA) is 75.6 Å². The highest BCUT2D eigenvalue weighted by atomic mass is 32.2. The second kappa shape index (κ2) is 9.03. The third-order valence-corrected chi connectivity index (χ3v) is 5.86. The van der Waals surface area contributed by atoms with E-state index in [2.05, 4.69) is 5.32 Å². The van der Waals surface area contributed by atoms with Crippen LogP contribution in [0, 0.1) is 13.8 Å². The number of methoxy groups -OCH3 is 1. The third-order valence-electron chi connectivity index (χ3n) is 3.72. The molecule has 25 heavy (non-hydrogen) atoms. The molecular formula is C18H21NO4S2. The lowest BCUT2D eigenvalue weighted by Gasteiger charge is -2.10. The molecule has 0 spiro atoms. The summed E-state index contributed by atoms with van der Waals surface area (Å²) in [6.07, 6.45) is -0.615. The van der Waals surface area contributed by atoms with Gasteiger partial charge in [-0.05, 0) is 25.0 Å². The fourth-order valence-corrected chi connectivity index (χ4v) is 4.12. The fourth-order valence-electron chi connectivity index (χ4n) is 2.26. The molecule has 0 saturated heterocycles. The van der Waals surface area contributed by atoms with Crippen molar-refractivity contribution in [3.8, 4) is 0 Å². The lowest BCUT2D eigenvalue weighted by atomic mass is 10.1. The Morgan fingerprint density at radius 1 is 1.28 bits per heavy atom. The van der Waals surface area contributed by atoms with Crippen LogP contribution in [0.25, 0.3) is 0 Å². The zero-order valence-corrected chi connectivity index (χ0v) is 16.0. The van der Waals surface area contributed by atoms with E-state index in [1.165, 1.54) is 30.2 Å². The first kappa shape index (κ1) is 19.5. The molecule has 7 heteroatoms. The van der Waals surface area contributed by atoms with Crippen LogP contribution in [-0.2, 0) is 9.53 Å². The van der Waals surface area contributed by atoms with E-state index in [9.17, 15) is 14.7 Å². The standard InChI is InChI=1S/C18H21NO4S2/c1-11-12(2)25-17(16(11)18(22)23-3)19-15(21)10-24-9-14(20)13-7-5-4-6-8-13/h4-8,14,20H,9-10H2,1-3H3,(H,19,21). The van der Waals surface area contributed by atoms with E-state index in [1.54, 1.807) is 0 Å². The maximum atomic E-state index is 12.2. The third kappa shape index (κ3) is 5.07. The molecule has 0 aliphatic rings. The lowest BCUT2D eigenvalue weighted by Crippen LogP contribution is -2.17. The van der Waals surface area contributed by atoms with Crippen molar-refractivity contribution in [2.45, 2.75) is 20.0 Å². The van der Waals surface area contributed by atoms with Gasteiger partial charge >= 0.3 is 5.97 Å². The number of benzene rings is 1. The average Bonchev–Trinajstić information content (AvgIpc) is 2.88. The monoisotopic (exact) mass is 379 g/mol. The molecule has 2 N–H and O–H groups in total. The van der Waals surface area contributed by atoms with Gasteiger partial charge in [-0.15, -0.1) is 23.1 Å². The van der Waals surface area contributed by atoms with E-state index in [0.29, 0.717) is 16.3 Å². The fraction of sp³-hybridized carbons (Fsp3) is 0.333. The second-order valence-corrected chi connectivity index (χ2v) is 7.72. The highest BCUT2D eigenvalue weighted by molar-refractivity contribution is 8.00. The molecule has 0 aliphatic carbocycles. The van der Waals surface area contributed by atoms with Gasteiger partial charge in [-0.25, -0.2) is 4.79 Å². The first-order chi connectivity index (χ1) is 11.9. The van der Waals surface area contributed by atoms with Gasteiger partial charge in [0.05, 0.1) is 24.5 Å². The summed E-state index contributed by atoms with van der Waals surface area (Å²) in [6.45, 7) is 3.73. The minimum atomic E-state index is -0.615. The number of esters is 1. The van der Waals surface area contributed by atoms with Crippen molar-refractivity contribution in [2.24, 2.45) is 0 Å². The maximum absolute atomic E-state index is 12.2. The van der Waals surface area contributed by atoms with Crippen LogP contribution in [0.5, 0.6) is 0 Å². The van der Waals surface area contributed by atoms with Crippen molar-refractivity contribution in [2.75, 3.05) is 23.9 Å². The highest BCUT2D eigenvalue weighted by Gasteiger charge is 2.21. The number of amides is 1. The molecule has 1 unspecified atom stereocenters. The van der Waals surface area contributed by atoms with Crippen molar-refractivity contribution in [3.63, 3.8) is 0 Å². The Labute approximate surface area is 155 Å². The van der Waals surface area contributed by atoms with Gasteiger partial charge in [0.2, 0.25) is 5.91 Å². The van der Waals surface area contributed by atoms with Crippen molar-refractivity contribution >= 4 is 40.0 Å². The number of anilines is 1. The summed E-state index contributed by atoms with van der Waals surface area (Å²) in [5, 5.41) is 13.4. The normalized spacial score (nSPS) is 11.8. The number of aryl methyl sites for hydroxylation is 1. The van der Waals surface area contributed by atoms with Gasteiger partial charge in [0, 0.05) is 10.6 Å². The Hall–Kier alpha value is -1.83.